The number of amides is 1. The van der Waals surface area contributed by atoms with Gasteiger partial charge in [-0.05, 0) is 37.6 Å². The average Bonchev–Trinajstić information content (AvgIpc) is 2.91. The zero-order chi connectivity index (χ0) is 19.3. The SMILES string of the molecule is Cc1cc(C(=O)CCC(=O)NC(CC(=O)O)c2ccc(F)cc2)c(C)s1. The van der Waals surface area contributed by atoms with Gasteiger partial charge in [-0.2, -0.15) is 0 Å². The van der Waals surface area contributed by atoms with Gasteiger partial charge >= 0.3 is 5.97 Å². The molecule has 1 aromatic carbocycles. The highest BCUT2D eigenvalue weighted by Crippen LogP contribution is 2.22. The largest absolute Gasteiger partial charge is 0.481 e. The monoisotopic (exact) mass is 377 g/mol. The lowest BCUT2D eigenvalue weighted by Crippen LogP contribution is -2.30. The number of aliphatic carboxylic acids is 1. The van der Waals surface area contributed by atoms with E-state index in [-0.39, 0.29) is 25.0 Å². The van der Waals surface area contributed by atoms with E-state index in [0.717, 1.165) is 9.75 Å². The number of hydrogen-bond donors (Lipinski definition) is 2. The summed E-state index contributed by atoms with van der Waals surface area (Å²) in [5, 5.41) is 11.7. The maximum absolute atomic E-state index is 13.0. The van der Waals surface area contributed by atoms with Crippen LogP contribution in [0.25, 0.3) is 0 Å². The second-order valence-corrected chi connectivity index (χ2v) is 7.48. The Morgan fingerprint density at radius 2 is 1.81 bits per heavy atom. The molecule has 5 nitrogen and oxygen atoms in total. The molecule has 138 valence electrons. The summed E-state index contributed by atoms with van der Waals surface area (Å²) in [5.41, 5.74) is 1.12. The molecule has 0 radical (unpaired) electrons. The van der Waals surface area contributed by atoms with Crippen molar-refractivity contribution in [3.8, 4) is 0 Å². The van der Waals surface area contributed by atoms with Crippen LogP contribution in [0.5, 0.6) is 0 Å². The van der Waals surface area contributed by atoms with Gasteiger partial charge in [0.25, 0.3) is 0 Å². The number of halogens is 1. The number of thiophene rings is 1. The minimum Gasteiger partial charge on any atom is -0.481 e. The first-order valence-corrected chi connectivity index (χ1v) is 8.94. The average molecular weight is 377 g/mol. The van der Waals surface area contributed by atoms with E-state index in [9.17, 15) is 18.8 Å². The Hall–Kier alpha value is -2.54. The molecule has 7 heteroatoms. The van der Waals surface area contributed by atoms with Gasteiger partial charge in [0.15, 0.2) is 5.78 Å². The Morgan fingerprint density at radius 1 is 1.15 bits per heavy atom. The first kappa shape index (κ1) is 19.8. The van der Waals surface area contributed by atoms with Crippen LogP contribution in [0, 0.1) is 19.7 Å². The van der Waals surface area contributed by atoms with E-state index >= 15 is 0 Å². The molecule has 0 bridgehead atoms. The predicted octanol–water partition coefficient (Wildman–Crippen LogP) is 3.80. The molecule has 1 aromatic heterocycles. The number of ketones is 1. The Balaban J connectivity index is 1.98. The van der Waals surface area contributed by atoms with Gasteiger partial charge in [0.2, 0.25) is 5.91 Å². The Kier molecular flexibility index (Phi) is 6.63. The number of Topliss-reactive ketones (excluding diaryl/α,β-unsaturated/α-hetero) is 1. The highest BCUT2D eigenvalue weighted by Gasteiger charge is 2.19. The van der Waals surface area contributed by atoms with E-state index in [1.54, 1.807) is 0 Å². The number of carbonyl (C=O) groups is 3. The minimum absolute atomic E-state index is 0.0372. The van der Waals surface area contributed by atoms with Crippen molar-refractivity contribution in [2.45, 2.75) is 39.2 Å². The third-order valence-electron chi connectivity index (χ3n) is 3.91. The fraction of sp³-hybridized carbons (Fsp3) is 0.316. The van der Waals surface area contributed by atoms with Crippen LogP contribution in [0.15, 0.2) is 30.3 Å². The number of carboxylic acids is 1. The van der Waals surface area contributed by atoms with Crippen LogP contribution < -0.4 is 5.32 Å². The van der Waals surface area contributed by atoms with Gasteiger partial charge in [-0.25, -0.2) is 4.39 Å². The van der Waals surface area contributed by atoms with Gasteiger partial charge < -0.3 is 10.4 Å². The molecule has 1 unspecified atom stereocenters. The lowest BCUT2D eigenvalue weighted by Gasteiger charge is -2.17. The maximum atomic E-state index is 13.0. The Labute approximate surface area is 154 Å². The van der Waals surface area contributed by atoms with Crippen LogP contribution in [0.1, 0.15) is 51.0 Å². The smallest absolute Gasteiger partial charge is 0.305 e. The first-order valence-electron chi connectivity index (χ1n) is 8.13. The first-order chi connectivity index (χ1) is 12.3. The summed E-state index contributed by atoms with van der Waals surface area (Å²) < 4.78 is 13.0. The molecule has 0 aliphatic rings. The zero-order valence-corrected chi connectivity index (χ0v) is 15.4. The van der Waals surface area contributed by atoms with Gasteiger partial charge in [0, 0.05) is 28.2 Å². The summed E-state index contributed by atoms with van der Waals surface area (Å²) in [4.78, 5) is 37.4. The van der Waals surface area contributed by atoms with Gasteiger partial charge in [0.05, 0.1) is 12.5 Å². The molecule has 0 saturated heterocycles. The molecule has 2 N–H and O–H groups in total. The van der Waals surface area contributed by atoms with Crippen molar-refractivity contribution in [3.05, 3.63) is 57.0 Å². The molecule has 0 aliphatic heterocycles. The molecule has 2 aromatic rings. The maximum Gasteiger partial charge on any atom is 0.305 e. The number of rotatable bonds is 8. The summed E-state index contributed by atoms with van der Waals surface area (Å²) in [5.74, 6) is -2.06. The molecule has 1 heterocycles. The van der Waals surface area contributed by atoms with Crippen molar-refractivity contribution in [3.63, 3.8) is 0 Å². The molecule has 0 spiro atoms. The fourth-order valence-electron chi connectivity index (χ4n) is 2.66. The topological polar surface area (TPSA) is 83.5 Å². The second kappa shape index (κ2) is 8.71. The number of aryl methyl sites for hydroxylation is 2. The van der Waals surface area contributed by atoms with Crippen LogP contribution in [0.4, 0.5) is 4.39 Å². The molecule has 1 atom stereocenters. The summed E-state index contributed by atoms with van der Waals surface area (Å²) in [6, 6.07) is 6.33. The highest BCUT2D eigenvalue weighted by atomic mass is 32.1. The predicted molar refractivity (Wildman–Crippen MR) is 96.9 cm³/mol. The van der Waals surface area contributed by atoms with Crippen LogP contribution in [0.3, 0.4) is 0 Å². The molecular weight excluding hydrogens is 357 g/mol. The van der Waals surface area contributed by atoms with Crippen molar-refractivity contribution < 1.29 is 23.9 Å². The molecule has 0 saturated carbocycles. The van der Waals surface area contributed by atoms with Gasteiger partial charge in [-0.1, -0.05) is 12.1 Å². The van der Waals surface area contributed by atoms with Crippen molar-refractivity contribution in [1.82, 2.24) is 5.32 Å². The molecular formula is C19H20FNO4S. The molecule has 26 heavy (non-hydrogen) atoms. The fourth-order valence-corrected chi connectivity index (χ4v) is 3.60. The quantitative estimate of drug-likeness (QED) is 0.686. The van der Waals surface area contributed by atoms with Crippen molar-refractivity contribution in [2.24, 2.45) is 0 Å². The van der Waals surface area contributed by atoms with E-state index in [1.165, 1.54) is 35.6 Å². The normalized spacial score (nSPS) is 11.8. The summed E-state index contributed by atoms with van der Waals surface area (Å²) >= 11 is 1.53. The number of carbonyl (C=O) groups excluding carboxylic acids is 2. The van der Waals surface area contributed by atoms with E-state index < -0.39 is 23.7 Å². The van der Waals surface area contributed by atoms with Crippen LogP contribution in [-0.2, 0) is 9.59 Å². The van der Waals surface area contributed by atoms with Crippen LogP contribution in [-0.4, -0.2) is 22.8 Å². The van der Waals surface area contributed by atoms with Crippen molar-refractivity contribution >= 4 is 29.0 Å². The number of hydrogen-bond acceptors (Lipinski definition) is 4. The van der Waals surface area contributed by atoms with Crippen LogP contribution >= 0.6 is 11.3 Å². The number of nitrogens with one attached hydrogen (secondary N) is 1. The lowest BCUT2D eigenvalue weighted by atomic mass is 10.0. The van der Waals surface area contributed by atoms with Crippen molar-refractivity contribution in [1.29, 1.82) is 0 Å². The van der Waals surface area contributed by atoms with Crippen molar-refractivity contribution in [2.75, 3.05) is 0 Å². The summed E-state index contributed by atoms with van der Waals surface area (Å²) in [6.07, 6.45) is -0.315. The molecule has 0 aliphatic carbocycles. The molecule has 0 fully saturated rings. The van der Waals surface area contributed by atoms with Gasteiger partial charge in [0.1, 0.15) is 5.82 Å². The number of benzene rings is 1. The summed E-state index contributed by atoms with van der Waals surface area (Å²) in [7, 11) is 0. The second-order valence-electron chi connectivity index (χ2n) is 6.02. The Morgan fingerprint density at radius 3 is 2.35 bits per heavy atom. The van der Waals surface area contributed by atoms with E-state index in [1.807, 2.05) is 19.9 Å². The molecule has 2 rings (SSSR count). The highest BCUT2D eigenvalue weighted by molar-refractivity contribution is 7.12. The minimum atomic E-state index is -1.08. The van der Waals surface area contributed by atoms with Crippen LogP contribution in [0.2, 0.25) is 0 Å². The van der Waals surface area contributed by atoms with E-state index in [4.69, 9.17) is 5.11 Å². The lowest BCUT2D eigenvalue weighted by molar-refractivity contribution is -0.137. The van der Waals surface area contributed by atoms with Gasteiger partial charge in [-0.3, -0.25) is 14.4 Å². The third-order valence-corrected chi connectivity index (χ3v) is 4.87. The van der Waals surface area contributed by atoms with E-state index in [0.29, 0.717) is 11.1 Å². The number of carboxylic acid groups (broad SMARTS) is 1. The van der Waals surface area contributed by atoms with E-state index in [2.05, 4.69) is 5.32 Å². The van der Waals surface area contributed by atoms with Gasteiger partial charge in [-0.15, -0.1) is 11.3 Å². The Bertz CT molecular complexity index is 813. The standard InChI is InChI=1S/C19H20FNO4S/c1-11-9-15(12(2)26-11)17(22)7-8-18(23)21-16(10-19(24)25)13-3-5-14(20)6-4-13/h3-6,9,16H,7-8,10H2,1-2H3,(H,21,23)(H,24,25). The molecule has 1 amide bonds. The summed E-state index contributed by atoms with van der Waals surface area (Å²) in [6.45, 7) is 3.78. The zero-order valence-electron chi connectivity index (χ0n) is 14.5. The third kappa shape index (κ3) is 5.49.